The van der Waals surface area contributed by atoms with Gasteiger partial charge in [0.05, 0.1) is 24.6 Å². The number of rotatable bonds is 16. The van der Waals surface area contributed by atoms with Crippen molar-refractivity contribution in [1.29, 1.82) is 0 Å². The molecule has 0 aliphatic carbocycles. The Hall–Kier alpha value is -4.73. The van der Waals surface area contributed by atoms with Crippen molar-refractivity contribution in [2.45, 2.75) is 101 Å². The summed E-state index contributed by atoms with van der Waals surface area (Å²) in [7, 11) is 0. The number of anilines is 1. The monoisotopic (exact) mass is 698 g/mol. The molecular formula is C33H58N6O10. The number of urea groups is 1. The van der Waals surface area contributed by atoms with Crippen molar-refractivity contribution in [1.82, 2.24) is 21.3 Å². The molecule has 0 aliphatic rings. The summed E-state index contributed by atoms with van der Waals surface area (Å²) in [5.41, 5.74) is 5.09. The molecule has 16 heteroatoms. The van der Waals surface area contributed by atoms with Crippen LogP contribution in [0.1, 0.15) is 98.0 Å². The van der Waals surface area contributed by atoms with E-state index in [-0.39, 0.29) is 66.7 Å². The lowest BCUT2D eigenvalue weighted by molar-refractivity contribution is -0.148. The molecule has 0 saturated carbocycles. The van der Waals surface area contributed by atoms with Gasteiger partial charge < -0.3 is 47.3 Å². The van der Waals surface area contributed by atoms with Gasteiger partial charge in [-0.15, -0.1) is 0 Å². The van der Waals surface area contributed by atoms with Crippen LogP contribution in [0.4, 0.5) is 10.5 Å². The number of esters is 1. The molecular weight excluding hydrogens is 640 g/mol. The van der Waals surface area contributed by atoms with E-state index in [4.69, 9.17) is 15.6 Å². The van der Waals surface area contributed by atoms with Crippen molar-refractivity contribution in [3.63, 3.8) is 0 Å². The average Bonchev–Trinajstić information content (AvgIpc) is 3.04. The summed E-state index contributed by atoms with van der Waals surface area (Å²) in [5.74, 6) is -4.43. The number of carboxylic acids is 2. The molecule has 0 saturated heterocycles. The van der Waals surface area contributed by atoms with E-state index in [1.54, 1.807) is 34.6 Å². The van der Waals surface area contributed by atoms with Gasteiger partial charge in [0.25, 0.3) is 0 Å². The Balaban J connectivity index is -0.00000127. The summed E-state index contributed by atoms with van der Waals surface area (Å²) >= 11 is 0. The van der Waals surface area contributed by atoms with E-state index in [1.165, 1.54) is 18.2 Å². The number of benzene rings is 1. The van der Waals surface area contributed by atoms with Gasteiger partial charge in [-0.1, -0.05) is 75.3 Å². The maximum atomic E-state index is 12.5. The van der Waals surface area contributed by atoms with Crippen molar-refractivity contribution in [2.24, 2.45) is 17.6 Å². The zero-order chi connectivity index (χ0) is 38.7. The summed E-state index contributed by atoms with van der Waals surface area (Å²) in [6.45, 7) is 18.4. The molecule has 0 heterocycles. The Kier molecular flexibility index (Phi) is 28.1. The zero-order valence-electron chi connectivity index (χ0n) is 30.5. The van der Waals surface area contributed by atoms with E-state index in [0.29, 0.717) is 6.54 Å². The first-order valence-electron chi connectivity index (χ1n) is 16.2. The predicted molar refractivity (Wildman–Crippen MR) is 187 cm³/mol. The first-order valence-corrected chi connectivity index (χ1v) is 16.2. The third kappa shape index (κ3) is 26.0. The van der Waals surface area contributed by atoms with E-state index in [9.17, 15) is 38.7 Å². The van der Waals surface area contributed by atoms with Gasteiger partial charge in [-0.05, 0) is 24.5 Å². The van der Waals surface area contributed by atoms with E-state index >= 15 is 0 Å². The molecule has 0 aliphatic heterocycles. The topological polar surface area (TPSA) is 255 Å². The highest BCUT2D eigenvalue weighted by Gasteiger charge is 2.24. The molecule has 0 fully saturated rings. The third-order valence-corrected chi connectivity index (χ3v) is 5.68. The molecule has 49 heavy (non-hydrogen) atoms. The molecule has 5 amide bonds. The van der Waals surface area contributed by atoms with Crippen LogP contribution in [0.3, 0.4) is 0 Å². The zero-order valence-corrected chi connectivity index (χ0v) is 30.5. The van der Waals surface area contributed by atoms with Gasteiger partial charge in [-0.2, -0.15) is 0 Å². The first-order chi connectivity index (χ1) is 22.9. The van der Waals surface area contributed by atoms with Crippen LogP contribution in [0.2, 0.25) is 0 Å². The molecule has 9 N–H and O–H groups in total. The fourth-order valence-corrected chi connectivity index (χ4v) is 3.08. The summed E-state index contributed by atoms with van der Waals surface area (Å²) in [5, 5.41) is 30.3. The van der Waals surface area contributed by atoms with Gasteiger partial charge in [0.15, 0.2) is 0 Å². The lowest BCUT2D eigenvalue weighted by Gasteiger charge is -2.22. The standard InChI is InChI=1S/C24H36N4O7.C4H10N2O.C3H6O2.C2H6/c1-13(2)21(28-20(30)10-25-15(5)6)22(31)26-11-19(29)27-17-8-7-16(18(9-17)23(32)33)12-35-24(34)14(3)4;1-2-3-6-4(5)7;1-2-3(4)5;1-2/h7-9,13-15,21,25H,10-12H2,1-6H3,(H,26,31)(H,27,29)(H,28,30)(H,32,33);2-3H2,1H3,(H3,5,6,7);2H2,1H3,(H,4,5);1-2H3. The molecule has 16 nitrogen and oxygen atoms in total. The smallest absolute Gasteiger partial charge is 0.336 e. The highest BCUT2D eigenvalue weighted by atomic mass is 16.5. The Morgan fingerprint density at radius 3 is 1.84 bits per heavy atom. The number of carboxylic acid groups (broad SMARTS) is 2. The minimum Gasteiger partial charge on any atom is -0.481 e. The van der Waals surface area contributed by atoms with E-state index in [0.717, 1.165) is 6.42 Å². The number of amides is 5. The van der Waals surface area contributed by atoms with Crippen molar-refractivity contribution < 1.29 is 48.5 Å². The quantitative estimate of drug-likeness (QED) is 0.116. The lowest BCUT2D eigenvalue weighted by atomic mass is 10.0. The van der Waals surface area contributed by atoms with Gasteiger partial charge >= 0.3 is 23.9 Å². The number of aliphatic carboxylic acids is 1. The molecule has 280 valence electrons. The predicted octanol–water partition coefficient (Wildman–Crippen LogP) is 2.85. The minimum absolute atomic E-state index is 0.0627. The van der Waals surface area contributed by atoms with Gasteiger partial charge in [-0.25, -0.2) is 9.59 Å². The number of hydrogen-bond donors (Lipinski definition) is 8. The van der Waals surface area contributed by atoms with Gasteiger partial charge in [0, 0.05) is 30.3 Å². The van der Waals surface area contributed by atoms with Gasteiger partial charge in [0.2, 0.25) is 17.7 Å². The van der Waals surface area contributed by atoms with Crippen LogP contribution < -0.4 is 32.3 Å². The van der Waals surface area contributed by atoms with Crippen molar-refractivity contribution in [2.75, 3.05) is 25.0 Å². The second-order valence-corrected chi connectivity index (χ2v) is 11.1. The molecule has 1 rings (SSSR count). The number of hydrogen-bond acceptors (Lipinski definition) is 9. The summed E-state index contributed by atoms with van der Waals surface area (Å²) in [4.78, 5) is 79.4. The van der Waals surface area contributed by atoms with Gasteiger partial charge in [-0.3, -0.25) is 24.0 Å². The highest BCUT2D eigenvalue weighted by Crippen LogP contribution is 2.18. The molecule has 0 spiro atoms. The molecule has 1 unspecified atom stereocenters. The molecule has 0 radical (unpaired) electrons. The van der Waals surface area contributed by atoms with Crippen LogP contribution in [0.5, 0.6) is 0 Å². The molecule has 1 atom stereocenters. The Morgan fingerprint density at radius 1 is 0.857 bits per heavy atom. The number of nitrogens with one attached hydrogen (secondary N) is 5. The Morgan fingerprint density at radius 2 is 1.43 bits per heavy atom. The van der Waals surface area contributed by atoms with Crippen LogP contribution in [-0.4, -0.2) is 83.6 Å². The van der Waals surface area contributed by atoms with Crippen LogP contribution in [0, 0.1) is 11.8 Å². The largest absolute Gasteiger partial charge is 0.481 e. The normalized spacial score (nSPS) is 10.5. The fourth-order valence-electron chi connectivity index (χ4n) is 3.08. The van der Waals surface area contributed by atoms with Crippen LogP contribution in [0.25, 0.3) is 0 Å². The average molecular weight is 699 g/mol. The summed E-state index contributed by atoms with van der Waals surface area (Å²) in [6.07, 6.45) is 1.16. The fraction of sp³-hybridized carbons (Fsp3) is 0.606. The number of nitrogens with two attached hydrogens (primary N) is 1. The van der Waals surface area contributed by atoms with Crippen LogP contribution >= 0.6 is 0 Å². The maximum absolute atomic E-state index is 12.5. The summed E-state index contributed by atoms with van der Waals surface area (Å²) < 4.78 is 5.09. The Bertz CT molecular complexity index is 1190. The van der Waals surface area contributed by atoms with Crippen molar-refractivity contribution >= 4 is 47.3 Å². The SMILES string of the molecule is CC.CC(C)NCC(=O)NC(C(=O)NCC(=O)Nc1ccc(COC(=O)C(C)C)c(C(=O)O)c1)C(C)C.CCC(=O)O.CCCNC(N)=O. The van der Waals surface area contributed by atoms with E-state index < -0.39 is 41.8 Å². The van der Waals surface area contributed by atoms with Crippen molar-refractivity contribution in [3.8, 4) is 0 Å². The summed E-state index contributed by atoms with van der Waals surface area (Å²) in [6, 6.07) is 3.02. The first kappa shape index (κ1) is 48.7. The molecule has 1 aromatic rings. The minimum atomic E-state index is -1.24. The molecule has 0 aromatic heterocycles. The molecule has 0 bridgehead atoms. The van der Waals surface area contributed by atoms with Crippen molar-refractivity contribution in [3.05, 3.63) is 29.3 Å². The van der Waals surface area contributed by atoms with Crippen LogP contribution in [-0.2, 0) is 35.3 Å². The number of carbonyl (C=O) groups excluding carboxylic acids is 5. The molecule has 1 aromatic carbocycles. The second kappa shape index (κ2) is 28.3. The number of ether oxygens (including phenoxy) is 1. The highest BCUT2D eigenvalue weighted by molar-refractivity contribution is 5.98. The van der Waals surface area contributed by atoms with Gasteiger partial charge in [0.1, 0.15) is 12.6 Å². The van der Waals surface area contributed by atoms with E-state index in [1.807, 2.05) is 34.6 Å². The number of aromatic carboxylic acids is 1. The lowest BCUT2D eigenvalue weighted by Crippen LogP contribution is -2.52. The number of primary amides is 1. The second-order valence-electron chi connectivity index (χ2n) is 11.1. The maximum Gasteiger partial charge on any atom is 0.336 e. The third-order valence-electron chi connectivity index (χ3n) is 5.68. The van der Waals surface area contributed by atoms with E-state index in [2.05, 4.69) is 26.6 Å². The van der Waals surface area contributed by atoms with Crippen LogP contribution in [0.15, 0.2) is 18.2 Å². The Labute approximate surface area is 289 Å². The number of carbonyl (C=O) groups is 7.